The van der Waals surface area contributed by atoms with E-state index in [0.717, 1.165) is 40.9 Å². The Balaban J connectivity index is 1.39. The third-order valence-corrected chi connectivity index (χ3v) is 5.43. The van der Waals surface area contributed by atoms with Crippen molar-refractivity contribution in [3.05, 3.63) is 77.7 Å². The van der Waals surface area contributed by atoms with Gasteiger partial charge in [-0.3, -0.25) is 0 Å². The van der Waals surface area contributed by atoms with Gasteiger partial charge in [0.25, 0.3) is 5.22 Å². The zero-order chi connectivity index (χ0) is 21.4. The minimum absolute atomic E-state index is 0.121. The zero-order valence-electron chi connectivity index (χ0n) is 15.7. The van der Waals surface area contributed by atoms with Crippen LogP contribution in [0, 0.1) is 0 Å². The Morgan fingerprint density at radius 3 is 2.39 bits per heavy atom. The van der Waals surface area contributed by atoms with E-state index in [1.165, 1.54) is 18.5 Å². The van der Waals surface area contributed by atoms with Crippen molar-refractivity contribution in [3.63, 3.8) is 0 Å². The lowest BCUT2D eigenvalue weighted by atomic mass is 10.1. The van der Waals surface area contributed by atoms with Gasteiger partial charge in [0, 0.05) is 12.0 Å². The summed E-state index contributed by atoms with van der Waals surface area (Å²) in [4.78, 5) is 13.3. The summed E-state index contributed by atoms with van der Waals surface area (Å²) < 4.78 is 43.8. The van der Waals surface area contributed by atoms with E-state index in [1.807, 2.05) is 30.3 Å². The van der Waals surface area contributed by atoms with Crippen molar-refractivity contribution in [3.8, 4) is 11.5 Å². The standard InChI is InChI=1S/C21H12F3N5OS/c22-21(23,24)14-8-6-13(7-9-14)18-28-29-20(30-18)31-19-17-16(25-11-26-19)10-15(27-17)12-4-2-1-3-5-12/h1-9,11H,10H2. The topological polar surface area (TPSA) is 77.1 Å². The Kier molecular flexibility index (Phi) is 4.78. The van der Waals surface area contributed by atoms with Crippen LogP contribution in [-0.2, 0) is 12.6 Å². The first-order valence-electron chi connectivity index (χ1n) is 9.13. The molecule has 5 rings (SSSR count). The van der Waals surface area contributed by atoms with Crippen LogP contribution < -0.4 is 0 Å². The van der Waals surface area contributed by atoms with Crippen molar-refractivity contribution in [1.82, 2.24) is 20.2 Å². The number of hydrogen-bond donors (Lipinski definition) is 0. The van der Waals surface area contributed by atoms with Crippen LogP contribution in [0.3, 0.4) is 0 Å². The molecule has 10 heteroatoms. The van der Waals surface area contributed by atoms with Crippen molar-refractivity contribution >= 4 is 23.2 Å². The number of alkyl halides is 3. The average Bonchev–Trinajstić information content (AvgIpc) is 3.42. The van der Waals surface area contributed by atoms with Gasteiger partial charge in [0.2, 0.25) is 5.89 Å². The predicted octanol–water partition coefficient (Wildman–Crippen LogP) is 5.37. The van der Waals surface area contributed by atoms with Gasteiger partial charge in [0.1, 0.15) is 17.0 Å². The zero-order valence-corrected chi connectivity index (χ0v) is 16.5. The van der Waals surface area contributed by atoms with E-state index in [4.69, 9.17) is 9.41 Å². The summed E-state index contributed by atoms with van der Waals surface area (Å²) in [6, 6.07) is 14.3. The SMILES string of the molecule is FC(F)(F)c1ccc(-c2nnc(Sc3ncnc4c3N=C(c3ccccc3)C4)o2)cc1. The fourth-order valence-electron chi connectivity index (χ4n) is 3.10. The molecular formula is C21H12F3N5OS. The summed E-state index contributed by atoms with van der Waals surface area (Å²) >= 11 is 1.13. The van der Waals surface area contributed by atoms with E-state index in [1.54, 1.807) is 0 Å². The Labute approximate surface area is 178 Å². The molecule has 3 heterocycles. The molecule has 2 aromatic carbocycles. The second-order valence-electron chi connectivity index (χ2n) is 6.63. The minimum Gasteiger partial charge on any atom is -0.411 e. The second kappa shape index (κ2) is 7.62. The van der Waals surface area contributed by atoms with Gasteiger partial charge >= 0.3 is 6.18 Å². The third kappa shape index (κ3) is 3.93. The van der Waals surface area contributed by atoms with Crippen molar-refractivity contribution < 1.29 is 17.6 Å². The highest BCUT2D eigenvalue weighted by Crippen LogP contribution is 2.39. The molecule has 0 aliphatic carbocycles. The van der Waals surface area contributed by atoms with E-state index in [9.17, 15) is 13.2 Å². The van der Waals surface area contributed by atoms with Crippen LogP contribution in [0.2, 0.25) is 0 Å². The molecule has 0 radical (unpaired) electrons. The van der Waals surface area contributed by atoms with Crippen molar-refractivity contribution in [2.45, 2.75) is 22.8 Å². The number of hydrogen-bond acceptors (Lipinski definition) is 7. The third-order valence-electron chi connectivity index (χ3n) is 4.60. The number of fused-ring (bicyclic) bond motifs is 1. The van der Waals surface area contributed by atoms with Crippen LogP contribution in [-0.4, -0.2) is 25.9 Å². The predicted molar refractivity (Wildman–Crippen MR) is 107 cm³/mol. The van der Waals surface area contributed by atoms with E-state index in [2.05, 4.69) is 20.2 Å². The maximum absolute atomic E-state index is 12.7. The Hall–Kier alpha value is -3.53. The highest BCUT2D eigenvalue weighted by Gasteiger charge is 2.30. The molecule has 6 nitrogen and oxygen atoms in total. The van der Waals surface area contributed by atoms with Crippen LogP contribution in [0.1, 0.15) is 16.8 Å². The molecule has 31 heavy (non-hydrogen) atoms. The van der Waals surface area contributed by atoms with Gasteiger partial charge in [0.15, 0.2) is 0 Å². The molecule has 0 atom stereocenters. The lowest BCUT2D eigenvalue weighted by Gasteiger charge is -2.05. The van der Waals surface area contributed by atoms with Gasteiger partial charge in [-0.2, -0.15) is 13.2 Å². The second-order valence-corrected chi connectivity index (χ2v) is 7.57. The Bertz CT molecular complexity index is 1270. The van der Waals surface area contributed by atoms with Crippen molar-refractivity contribution in [2.75, 3.05) is 0 Å². The molecule has 0 spiro atoms. The maximum Gasteiger partial charge on any atom is 0.416 e. The van der Waals surface area contributed by atoms with E-state index < -0.39 is 11.7 Å². The highest BCUT2D eigenvalue weighted by molar-refractivity contribution is 7.99. The lowest BCUT2D eigenvalue weighted by molar-refractivity contribution is -0.137. The summed E-state index contributed by atoms with van der Waals surface area (Å²) in [5.74, 6) is 0.121. The first-order chi connectivity index (χ1) is 15.0. The fraction of sp³-hybridized carbons (Fsp3) is 0.0952. The summed E-state index contributed by atoms with van der Waals surface area (Å²) in [5, 5.41) is 8.69. The normalized spacial score (nSPS) is 13.2. The summed E-state index contributed by atoms with van der Waals surface area (Å²) in [6.45, 7) is 0. The van der Waals surface area contributed by atoms with Gasteiger partial charge in [-0.1, -0.05) is 30.3 Å². The smallest absolute Gasteiger partial charge is 0.411 e. The van der Waals surface area contributed by atoms with E-state index in [0.29, 0.717) is 22.7 Å². The maximum atomic E-state index is 12.7. The van der Waals surface area contributed by atoms with Gasteiger partial charge in [-0.05, 0) is 41.6 Å². The van der Waals surface area contributed by atoms with Gasteiger partial charge in [-0.25, -0.2) is 15.0 Å². The molecular weight excluding hydrogens is 427 g/mol. The summed E-state index contributed by atoms with van der Waals surface area (Å²) in [5.41, 5.74) is 3.02. The number of rotatable bonds is 4. The molecule has 1 aliphatic rings. The molecule has 2 aromatic heterocycles. The summed E-state index contributed by atoms with van der Waals surface area (Å²) in [6.07, 6.45) is -2.35. The number of aromatic nitrogens is 4. The van der Waals surface area contributed by atoms with E-state index in [-0.39, 0.29) is 11.1 Å². The quantitative estimate of drug-likeness (QED) is 0.398. The molecule has 0 amide bonds. The van der Waals surface area contributed by atoms with Crippen molar-refractivity contribution in [2.24, 2.45) is 4.99 Å². The molecule has 0 fully saturated rings. The molecule has 0 bridgehead atoms. The lowest BCUT2D eigenvalue weighted by Crippen LogP contribution is -2.03. The van der Waals surface area contributed by atoms with Crippen LogP contribution in [0.5, 0.6) is 0 Å². The van der Waals surface area contributed by atoms with E-state index >= 15 is 0 Å². The fourth-order valence-corrected chi connectivity index (χ4v) is 3.82. The molecule has 0 unspecified atom stereocenters. The molecule has 4 aromatic rings. The molecule has 0 N–H and O–H groups in total. The average molecular weight is 439 g/mol. The first kappa shape index (κ1) is 19.4. The van der Waals surface area contributed by atoms with Crippen LogP contribution in [0.4, 0.5) is 18.9 Å². The Morgan fingerprint density at radius 2 is 1.65 bits per heavy atom. The van der Waals surface area contributed by atoms with Gasteiger partial charge < -0.3 is 4.42 Å². The molecule has 0 saturated carbocycles. The van der Waals surface area contributed by atoms with Crippen LogP contribution >= 0.6 is 11.8 Å². The summed E-state index contributed by atoms with van der Waals surface area (Å²) in [7, 11) is 0. The molecule has 1 aliphatic heterocycles. The minimum atomic E-state index is -4.40. The number of benzene rings is 2. The number of halogens is 3. The van der Waals surface area contributed by atoms with Crippen LogP contribution in [0.15, 0.2) is 80.6 Å². The van der Waals surface area contributed by atoms with Crippen molar-refractivity contribution in [1.29, 1.82) is 0 Å². The highest BCUT2D eigenvalue weighted by atomic mass is 32.2. The van der Waals surface area contributed by atoms with Gasteiger partial charge in [0.05, 0.1) is 17.0 Å². The van der Waals surface area contributed by atoms with Gasteiger partial charge in [-0.15, -0.1) is 10.2 Å². The Morgan fingerprint density at radius 1 is 0.871 bits per heavy atom. The molecule has 0 saturated heterocycles. The first-order valence-corrected chi connectivity index (χ1v) is 9.95. The number of aliphatic imine (C=N–C) groups is 1. The largest absolute Gasteiger partial charge is 0.416 e. The van der Waals surface area contributed by atoms with Crippen LogP contribution in [0.25, 0.3) is 11.5 Å². The number of nitrogens with zero attached hydrogens (tertiary/aromatic N) is 5. The monoisotopic (exact) mass is 439 g/mol. The molecule has 154 valence electrons.